The van der Waals surface area contributed by atoms with Gasteiger partial charge in [-0.05, 0) is 12.1 Å². The molecule has 3 heteroatoms. The van der Waals surface area contributed by atoms with Gasteiger partial charge in [0.2, 0.25) is 0 Å². The molecule has 0 unspecified atom stereocenters. The van der Waals surface area contributed by atoms with Crippen molar-refractivity contribution in [2.24, 2.45) is 0 Å². The van der Waals surface area contributed by atoms with E-state index in [4.69, 9.17) is 0 Å². The SMILES string of the molecule is O=C=C1CC(=O)c2ccccc2N1. The van der Waals surface area contributed by atoms with Crippen molar-refractivity contribution in [1.82, 2.24) is 0 Å². The van der Waals surface area contributed by atoms with Crippen molar-refractivity contribution in [1.29, 1.82) is 0 Å². The Kier molecular flexibility index (Phi) is 1.72. The van der Waals surface area contributed by atoms with Crippen LogP contribution in [0.3, 0.4) is 0 Å². The smallest absolute Gasteiger partial charge is 0.171 e. The molecule has 13 heavy (non-hydrogen) atoms. The van der Waals surface area contributed by atoms with Gasteiger partial charge in [0.15, 0.2) is 5.78 Å². The number of rotatable bonds is 0. The summed E-state index contributed by atoms with van der Waals surface area (Å²) in [5.74, 6) is 1.68. The molecular formula is C10H7NO2. The summed E-state index contributed by atoms with van der Waals surface area (Å²) in [6, 6.07) is 7.12. The summed E-state index contributed by atoms with van der Waals surface area (Å²) < 4.78 is 0. The van der Waals surface area contributed by atoms with Gasteiger partial charge in [0.1, 0.15) is 11.6 Å². The molecule has 3 nitrogen and oxygen atoms in total. The Bertz CT molecular complexity index is 417. The summed E-state index contributed by atoms with van der Waals surface area (Å²) in [7, 11) is 0. The number of benzene rings is 1. The van der Waals surface area contributed by atoms with Gasteiger partial charge < -0.3 is 5.32 Å². The lowest BCUT2D eigenvalue weighted by molar-refractivity contribution is 0.0991. The lowest BCUT2D eigenvalue weighted by atomic mass is 10.0. The first kappa shape index (κ1) is 7.77. The summed E-state index contributed by atoms with van der Waals surface area (Å²) in [5, 5.41) is 2.85. The average molecular weight is 173 g/mol. The third-order valence-corrected chi connectivity index (χ3v) is 1.97. The zero-order valence-corrected chi connectivity index (χ0v) is 6.83. The predicted molar refractivity (Wildman–Crippen MR) is 48.2 cm³/mol. The molecule has 0 aliphatic carbocycles. The minimum absolute atomic E-state index is 0.0345. The van der Waals surface area contributed by atoms with Crippen LogP contribution in [0.15, 0.2) is 30.0 Å². The molecule has 1 aliphatic heterocycles. The number of anilines is 1. The molecule has 1 aromatic rings. The second-order valence-corrected chi connectivity index (χ2v) is 2.85. The van der Waals surface area contributed by atoms with Crippen molar-refractivity contribution in [3.8, 4) is 0 Å². The van der Waals surface area contributed by atoms with Gasteiger partial charge in [-0.3, -0.25) is 4.79 Å². The maximum absolute atomic E-state index is 11.4. The van der Waals surface area contributed by atoms with Crippen LogP contribution < -0.4 is 5.32 Å². The summed E-state index contributed by atoms with van der Waals surface area (Å²) in [6.45, 7) is 0. The molecule has 0 amide bonds. The second kappa shape index (κ2) is 2.88. The Hall–Kier alpha value is -1.86. The van der Waals surface area contributed by atoms with E-state index in [1.54, 1.807) is 24.1 Å². The van der Waals surface area contributed by atoms with Crippen molar-refractivity contribution >= 4 is 17.4 Å². The maximum atomic E-state index is 11.4. The molecule has 1 N–H and O–H groups in total. The zero-order chi connectivity index (χ0) is 9.26. The standard InChI is InChI=1S/C10H7NO2/c12-6-7-5-10(13)8-3-1-2-4-9(8)11-7/h1-4,11H,5H2. The van der Waals surface area contributed by atoms with Crippen molar-refractivity contribution in [2.75, 3.05) is 5.32 Å². The topological polar surface area (TPSA) is 46.2 Å². The quantitative estimate of drug-likeness (QED) is 0.603. The van der Waals surface area contributed by atoms with Gasteiger partial charge in [-0.2, -0.15) is 0 Å². The molecule has 1 aromatic carbocycles. The maximum Gasteiger partial charge on any atom is 0.171 e. The van der Waals surface area contributed by atoms with E-state index in [2.05, 4.69) is 5.32 Å². The fourth-order valence-corrected chi connectivity index (χ4v) is 1.36. The van der Waals surface area contributed by atoms with Crippen molar-refractivity contribution in [2.45, 2.75) is 6.42 Å². The van der Waals surface area contributed by atoms with E-state index >= 15 is 0 Å². The average Bonchev–Trinajstić information content (AvgIpc) is 2.18. The van der Waals surface area contributed by atoms with Gasteiger partial charge in [0.05, 0.1) is 6.42 Å². The summed E-state index contributed by atoms with van der Waals surface area (Å²) >= 11 is 0. The fraction of sp³-hybridized carbons (Fsp3) is 0.100. The molecular weight excluding hydrogens is 166 g/mol. The number of hydrogen-bond donors (Lipinski definition) is 1. The van der Waals surface area contributed by atoms with Crippen LogP contribution in [0.5, 0.6) is 0 Å². The van der Waals surface area contributed by atoms with Crippen molar-refractivity contribution in [3.05, 3.63) is 35.5 Å². The van der Waals surface area contributed by atoms with Crippen LogP contribution in [-0.2, 0) is 4.79 Å². The minimum Gasteiger partial charge on any atom is -0.349 e. The fourth-order valence-electron chi connectivity index (χ4n) is 1.36. The monoisotopic (exact) mass is 173 g/mol. The van der Waals surface area contributed by atoms with Gasteiger partial charge >= 0.3 is 0 Å². The number of ketones is 1. The highest BCUT2D eigenvalue weighted by Crippen LogP contribution is 2.24. The Balaban J connectivity index is 2.54. The first-order chi connectivity index (χ1) is 6.31. The third-order valence-electron chi connectivity index (χ3n) is 1.97. The summed E-state index contributed by atoms with van der Waals surface area (Å²) in [4.78, 5) is 21.8. The van der Waals surface area contributed by atoms with E-state index in [1.807, 2.05) is 6.07 Å². The van der Waals surface area contributed by atoms with Crippen molar-refractivity contribution in [3.63, 3.8) is 0 Å². The Morgan fingerprint density at radius 3 is 2.85 bits per heavy atom. The van der Waals surface area contributed by atoms with Crippen LogP contribution in [0.25, 0.3) is 0 Å². The van der Waals surface area contributed by atoms with Crippen LogP contribution in [-0.4, -0.2) is 11.7 Å². The number of carbonyl (C=O) groups is 1. The molecule has 0 aromatic heterocycles. The van der Waals surface area contributed by atoms with Gasteiger partial charge in [-0.1, -0.05) is 12.1 Å². The molecule has 1 heterocycles. The van der Waals surface area contributed by atoms with Gasteiger partial charge in [0, 0.05) is 11.3 Å². The second-order valence-electron chi connectivity index (χ2n) is 2.85. The van der Waals surface area contributed by atoms with E-state index in [0.29, 0.717) is 16.9 Å². The molecule has 0 saturated carbocycles. The molecule has 1 aliphatic rings. The highest BCUT2D eigenvalue weighted by Gasteiger charge is 2.19. The van der Waals surface area contributed by atoms with E-state index in [1.165, 1.54) is 0 Å². The Labute approximate surface area is 75.1 Å². The Morgan fingerprint density at radius 1 is 1.31 bits per heavy atom. The van der Waals surface area contributed by atoms with E-state index in [-0.39, 0.29) is 12.2 Å². The van der Waals surface area contributed by atoms with E-state index < -0.39 is 0 Å². The number of fused-ring (bicyclic) bond motifs is 1. The van der Waals surface area contributed by atoms with Crippen LogP contribution in [0.2, 0.25) is 0 Å². The molecule has 0 radical (unpaired) electrons. The molecule has 0 spiro atoms. The van der Waals surface area contributed by atoms with Gasteiger partial charge in [-0.15, -0.1) is 0 Å². The highest BCUT2D eigenvalue weighted by atomic mass is 16.1. The molecule has 0 bridgehead atoms. The molecule has 0 fully saturated rings. The first-order valence-electron chi connectivity index (χ1n) is 3.94. The normalized spacial score (nSPS) is 14.5. The van der Waals surface area contributed by atoms with E-state index in [9.17, 15) is 9.59 Å². The Morgan fingerprint density at radius 2 is 2.08 bits per heavy atom. The number of hydrogen-bond acceptors (Lipinski definition) is 3. The predicted octanol–water partition coefficient (Wildman–Crippen LogP) is 1.40. The van der Waals surface area contributed by atoms with Gasteiger partial charge in [-0.25, -0.2) is 4.79 Å². The molecule has 2 rings (SSSR count). The van der Waals surface area contributed by atoms with Crippen LogP contribution >= 0.6 is 0 Å². The molecule has 0 atom stereocenters. The number of carbonyl (C=O) groups excluding carboxylic acids is 2. The van der Waals surface area contributed by atoms with Gasteiger partial charge in [0.25, 0.3) is 0 Å². The van der Waals surface area contributed by atoms with Crippen LogP contribution in [0.1, 0.15) is 16.8 Å². The first-order valence-corrected chi connectivity index (χ1v) is 3.94. The third kappa shape index (κ3) is 1.25. The lowest BCUT2D eigenvalue weighted by Crippen LogP contribution is -2.16. The lowest BCUT2D eigenvalue weighted by Gasteiger charge is -2.16. The minimum atomic E-state index is -0.0345. The summed E-state index contributed by atoms with van der Waals surface area (Å²) in [5.41, 5.74) is 1.64. The number of allylic oxidation sites excluding steroid dienone is 1. The number of Topliss-reactive ketones (excluding diaryl/α,β-unsaturated/α-hetero) is 1. The number of para-hydroxylation sites is 1. The van der Waals surface area contributed by atoms with E-state index in [0.717, 1.165) is 0 Å². The summed E-state index contributed by atoms with van der Waals surface area (Å²) in [6.07, 6.45) is 0.126. The number of nitrogens with one attached hydrogen (secondary N) is 1. The zero-order valence-electron chi connectivity index (χ0n) is 6.83. The largest absolute Gasteiger partial charge is 0.349 e. The van der Waals surface area contributed by atoms with Crippen LogP contribution in [0, 0.1) is 0 Å². The van der Waals surface area contributed by atoms with Crippen LogP contribution in [0.4, 0.5) is 5.69 Å². The highest BCUT2D eigenvalue weighted by molar-refractivity contribution is 6.06. The molecule has 64 valence electrons. The van der Waals surface area contributed by atoms with Crippen molar-refractivity contribution < 1.29 is 9.59 Å². The molecule has 0 saturated heterocycles.